The van der Waals surface area contributed by atoms with E-state index in [4.69, 9.17) is 42.6 Å². The van der Waals surface area contributed by atoms with Crippen LogP contribution in [-0.4, -0.2) is 88.8 Å². The van der Waals surface area contributed by atoms with E-state index in [-0.39, 0.29) is 16.4 Å². The summed E-state index contributed by atoms with van der Waals surface area (Å²) in [4.78, 5) is 12.1. The molecule has 13 atom stereocenters. The molecular formula is C41H51IO11. The van der Waals surface area contributed by atoms with E-state index in [1.54, 1.807) is 6.92 Å². The molecule has 0 unspecified atom stereocenters. The summed E-state index contributed by atoms with van der Waals surface area (Å²) in [5.74, 6) is -0.420. The number of hydrogen-bond donors (Lipinski definition) is 1. The maximum atomic E-state index is 12.1. The van der Waals surface area contributed by atoms with Crippen LogP contribution in [0, 0.1) is 0 Å². The third-order valence-corrected chi connectivity index (χ3v) is 11.1. The van der Waals surface area contributed by atoms with Crippen LogP contribution in [0.4, 0.5) is 0 Å². The number of carbonyl (C=O) groups excluding carboxylic acids is 1. The third kappa shape index (κ3) is 11.1. The molecular weight excluding hydrogens is 795 g/mol. The molecule has 53 heavy (non-hydrogen) atoms. The zero-order chi connectivity index (χ0) is 37.3. The van der Waals surface area contributed by atoms with Crippen LogP contribution in [0.3, 0.4) is 0 Å². The van der Waals surface area contributed by atoms with Crippen LogP contribution in [0.2, 0.25) is 0 Å². The summed E-state index contributed by atoms with van der Waals surface area (Å²) in [5, 5.41) is 11.3. The predicted molar refractivity (Wildman–Crippen MR) is 203 cm³/mol. The fraction of sp³-hybridized carbons (Fsp3) is 0.537. The van der Waals surface area contributed by atoms with E-state index in [9.17, 15) is 9.90 Å². The van der Waals surface area contributed by atoms with Gasteiger partial charge in [-0.15, -0.1) is 0 Å². The molecule has 0 aromatic heterocycles. The van der Waals surface area contributed by atoms with E-state index in [0.717, 1.165) is 16.7 Å². The van der Waals surface area contributed by atoms with E-state index in [1.165, 1.54) is 6.92 Å². The third-order valence-electron chi connectivity index (χ3n) is 9.77. The lowest BCUT2D eigenvalue weighted by Gasteiger charge is -2.46. The van der Waals surface area contributed by atoms with Gasteiger partial charge in [0.05, 0.1) is 54.3 Å². The van der Waals surface area contributed by atoms with E-state index < -0.39 is 73.7 Å². The van der Waals surface area contributed by atoms with Gasteiger partial charge in [0.15, 0.2) is 25.0 Å². The van der Waals surface area contributed by atoms with Gasteiger partial charge in [0.2, 0.25) is 0 Å². The Balaban J connectivity index is 1.14. The highest BCUT2D eigenvalue weighted by atomic mass is 127. The van der Waals surface area contributed by atoms with Crippen LogP contribution in [-0.2, 0) is 67.2 Å². The monoisotopic (exact) mass is 846 g/mol. The molecule has 0 amide bonds. The molecule has 3 aliphatic rings. The highest BCUT2D eigenvalue weighted by Gasteiger charge is 2.49. The number of aliphatic hydroxyl groups excluding tert-OH is 1. The second kappa shape index (κ2) is 19.4. The summed E-state index contributed by atoms with van der Waals surface area (Å²) >= 11 is 2.23. The maximum Gasteiger partial charge on any atom is 0.303 e. The highest BCUT2D eigenvalue weighted by molar-refractivity contribution is 14.1. The van der Waals surface area contributed by atoms with Gasteiger partial charge in [-0.2, -0.15) is 0 Å². The fourth-order valence-electron chi connectivity index (χ4n) is 6.99. The first-order valence-electron chi connectivity index (χ1n) is 18.4. The smallest absolute Gasteiger partial charge is 0.303 e. The predicted octanol–water partition coefficient (Wildman–Crippen LogP) is 6.26. The Morgan fingerprint density at radius 1 is 0.642 bits per heavy atom. The number of aliphatic hydroxyl groups is 1. The Labute approximate surface area is 325 Å². The Morgan fingerprint density at radius 3 is 1.70 bits per heavy atom. The second-order valence-electron chi connectivity index (χ2n) is 13.9. The average Bonchev–Trinajstić information content (AvgIpc) is 3.15. The highest BCUT2D eigenvalue weighted by Crippen LogP contribution is 2.36. The number of halogens is 1. The second-order valence-corrected chi connectivity index (χ2v) is 15.3. The minimum Gasteiger partial charge on any atom is -0.457 e. The standard InChI is InChI=1S/C41H51IO11/c1-25-37(44)32(53-41-36(42)40(39(27(3)50-41)51-28(4)43)47-24-31-18-12-7-13-19-31)20-35(48-25)52-33-21-34(45-22-29-14-8-5-9-15-29)49-26(2)38(33)46-23-30-16-10-6-11-17-30/h5-19,25-27,32-41,44H,20-24H2,1-4H3/t25-,26-,27-,32+,33+,34+,35-,36+,37-,38-,39-,40+,41-/m0/s1. The van der Waals surface area contributed by atoms with Crippen molar-refractivity contribution >= 4 is 28.6 Å². The molecule has 0 saturated carbocycles. The fourth-order valence-corrected chi connectivity index (χ4v) is 7.95. The molecule has 11 nitrogen and oxygen atoms in total. The first-order valence-corrected chi connectivity index (χ1v) is 19.6. The lowest BCUT2D eigenvalue weighted by molar-refractivity contribution is -0.330. The summed E-state index contributed by atoms with van der Waals surface area (Å²) < 4.78 is 56.5. The van der Waals surface area contributed by atoms with Crippen LogP contribution in [0.5, 0.6) is 0 Å². The summed E-state index contributed by atoms with van der Waals surface area (Å²) in [7, 11) is 0. The molecule has 3 heterocycles. The van der Waals surface area contributed by atoms with Crippen molar-refractivity contribution in [3.63, 3.8) is 0 Å². The normalized spacial score (nSPS) is 34.7. The number of benzene rings is 3. The zero-order valence-corrected chi connectivity index (χ0v) is 32.8. The van der Waals surface area contributed by atoms with Crippen molar-refractivity contribution in [2.75, 3.05) is 0 Å². The van der Waals surface area contributed by atoms with Crippen molar-refractivity contribution in [2.45, 2.75) is 138 Å². The molecule has 3 fully saturated rings. The van der Waals surface area contributed by atoms with Gasteiger partial charge < -0.3 is 47.7 Å². The van der Waals surface area contributed by atoms with Crippen LogP contribution in [0.25, 0.3) is 0 Å². The minimum absolute atomic E-state index is 0.235. The summed E-state index contributed by atoms with van der Waals surface area (Å²) in [5.41, 5.74) is 3.07. The Hall–Kier alpha value is -2.50. The van der Waals surface area contributed by atoms with Gasteiger partial charge in [-0.3, -0.25) is 4.79 Å². The molecule has 3 saturated heterocycles. The van der Waals surface area contributed by atoms with Gasteiger partial charge in [-0.25, -0.2) is 0 Å². The van der Waals surface area contributed by atoms with Crippen molar-refractivity contribution in [3.05, 3.63) is 108 Å². The lowest BCUT2D eigenvalue weighted by atomic mass is 9.99. The zero-order valence-electron chi connectivity index (χ0n) is 30.6. The summed E-state index contributed by atoms with van der Waals surface area (Å²) in [6.07, 6.45) is -6.53. The van der Waals surface area contributed by atoms with Crippen LogP contribution in [0.15, 0.2) is 91.0 Å². The molecule has 3 aliphatic heterocycles. The van der Waals surface area contributed by atoms with Gasteiger partial charge >= 0.3 is 5.97 Å². The maximum absolute atomic E-state index is 12.1. The molecule has 3 aromatic rings. The van der Waals surface area contributed by atoms with Gasteiger partial charge in [0, 0.05) is 19.8 Å². The Bertz CT molecular complexity index is 1530. The largest absolute Gasteiger partial charge is 0.457 e. The van der Waals surface area contributed by atoms with Crippen LogP contribution in [0.1, 0.15) is 57.2 Å². The number of carbonyl (C=O) groups is 1. The van der Waals surface area contributed by atoms with E-state index >= 15 is 0 Å². The molecule has 1 N–H and O–H groups in total. The van der Waals surface area contributed by atoms with Crippen molar-refractivity contribution in [3.8, 4) is 0 Å². The quantitative estimate of drug-likeness (QED) is 0.113. The number of esters is 1. The van der Waals surface area contributed by atoms with Crippen LogP contribution < -0.4 is 0 Å². The van der Waals surface area contributed by atoms with E-state index in [0.29, 0.717) is 26.2 Å². The van der Waals surface area contributed by atoms with Crippen molar-refractivity contribution in [1.29, 1.82) is 0 Å². The van der Waals surface area contributed by atoms with Crippen LogP contribution >= 0.6 is 22.6 Å². The van der Waals surface area contributed by atoms with E-state index in [2.05, 4.69) is 22.6 Å². The summed E-state index contributed by atoms with van der Waals surface area (Å²) in [6.45, 7) is 8.07. The number of hydrogen-bond acceptors (Lipinski definition) is 11. The molecule has 0 spiro atoms. The Kier molecular flexibility index (Phi) is 14.7. The molecule has 6 rings (SSSR count). The molecule has 12 heteroatoms. The minimum atomic E-state index is -0.951. The SMILES string of the molecule is CC(=O)O[C@@H]1[C@H](OCc2ccccc2)[C@@H](I)[C@H](O[C@@H]2C[C@H](O[C@@H]3C[C@H](OCc4ccccc4)O[C@@H](C)[C@@H]3OCc3ccccc3)O[C@@H](C)[C@@H]2O)O[C@H]1C. The number of alkyl halides is 1. The number of ether oxygens (including phenoxy) is 9. The van der Waals surface area contributed by atoms with Gasteiger partial charge in [0.25, 0.3) is 0 Å². The van der Waals surface area contributed by atoms with Gasteiger partial charge in [-0.1, -0.05) is 114 Å². The lowest BCUT2D eigenvalue weighted by Crippen LogP contribution is -2.60. The molecule has 0 aliphatic carbocycles. The molecule has 288 valence electrons. The average molecular weight is 847 g/mol. The van der Waals surface area contributed by atoms with Gasteiger partial charge in [0.1, 0.15) is 18.3 Å². The van der Waals surface area contributed by atoms with E-state index in [1.807, 2.05) is 105 Å². The van der Waals surface area contributed by atoms with Crippen molar-refractivity contribution < 1.29 is 52.5 Å². The number of rotatable bonds is 14. The van der Waals surface area contributed by atoms with Gasteiger partial charge in [-0.05, 0) is 37.5 Å². The molecule has 3 aromatic carbocycles. The topological polar surface area (TPSA) is 120 Å². The molecule has 0 radical (unpaired) electrons. The first kappa shape index (κ1) is 40.2. The summed E-state index contributed by atoms with van der Waals surface area (Å²) in [6, 6.07) is 29.7. The Morgan fingerprint density at radius 2 is 1.13 bits per heavy atom. The van der Waals surface area contributed by atoms with Crippen molar-refractivity contribution in [1.82, 2.24) is 0 Å². The van der Waals surface area contributed by atoms with Crippen molar-refractivity contribution in [2.24, 2.45) is 0 Å². The first-order chi connectivity index (χ1) is 25.6. The molecule has 0 bridgehead atoms.